The largest absolute Gasteiger partial charge is 0.497 e. The van der Waals surface area contributed by atoms with Crippen molar-refractivity contribution in [3.8, 4) is 11.5 Å². The van der Waals surface area contributed by atoms with Crippen LogP contribution in [0.4, 0.5) is 0 Å². The van der Waals surface area contributed by atoms with Gasteiger partial charge < -0.3 is 15.2 Å². The molecule has 0 heterocycles. The van der Waals surface area contributed by atoms with E-state index in [1.54, 1.807) is 14.2 Å². The van der Waals surface area contributed by atoms with Crippen LogP contribution in [0.1, 0.15) is 28.3 Å². The number of ether oxygens (including phenoxy) is 2. The molecule has 112 valence electrons. The number of methoxy groups -OCH3 is 2. The third-order valence-electron chi connectivity index (χ3n) is 3.62. The lowest BCUT2D eigenvalue weighted by Gasteiger charge is -2.18. The van der Waals surface area contributed by atoms with Crippen molar-refractivity contribution in [3.05, 3.63) is 57.1 Å². The van der Waals surface area contributed by atoms with E-state index < -0.39 is 0 Å². The third-order valence-corrected chi connectivity index (χ3v) is 4.47. The van der Waals surface area contributed by atoms with Crippen LogP contribution in [-0.2, 0) is 0 Å². The highest BCUT2D eigenvalue weighted by Gasteiger charge is 2.15. The molecule has 2 N–H and O–H groups in total. The first-order valence-electron chi connectivity index (χ1n) is 6.71. The summed E-state index contributed by atoms with van der Waals surface area (Å²) in [6.07, 6.45) is 0. The van der Waals surface area contributed by atoms with Crippen molar-refractivity contribution >= 4 is 15.9 Å². The fourth-order valence-corrected chi connectivity index (χ4v) is 2.78. The van der Waals surface area contributed by atoms with E-state index in [0.717, 1.165) is 32.7 Å². The molecule has 0 aliphatic carbocycles. The number of hydrogen-bond acceptors (Lipinski definition) is 3. The second-order valence-electron chi connectivity index (χ2n) is 5.08. The molecule has 0 radical (unpaired) electrons. The van der Waals surface area contributed by atoms with Gasteiger partial charge in [0.05, 0.1) is 20.3 Å². The molecule has 0 aromatic heterocycles. The SMILES string of the molecule is COc1cc(OC)cc(C(N)c2cc(C)c(Br)cc2C)c1. The van der Waals surface area contributed by atoms with Gasteiger partial charge in [0.2, 0.25) is 0 Å². The van der Waals surface area contributed by atoms with Crippen molar-refractivity contribution in [1.29, 1.82) is 0 Å². The molecular formula is C17H20BrNO2. The maximum absolute atomic E-state index is 6.46. The standard InChI is InChI=1S/C17H20BrNO2/c1-10-6-16(18)11(2)5-15(10)17(19)12-7-13(20-3)9-14(8-12)21-4/h5-9,17H,19H2,1-4H3. The van der Waals surface area contributed by atoms with Gasteiger partial charge in [0.15, 0.2) is 0 Å². The molecule has 3 nitrogen and oxygen atoms in total. The lowest BCUT2D eigenvalue weighted by Crippen LogP contribution is -2.14. The Morgan fingerprint density at radius 1 is 0.905 bits per heavy atom. The molecule has 1 unspecified atom stereocenters. The second kappa shape index (κ2) is 6.50. The van der Waals surface area contributed by atoms with Crippen LogP contribution >= 0.6 is 15.9 Å². The molecule has 2 aromatic rings. The molecule has 0 aliphatic rings. The minimum Gasteiger partial charge on any atom is -0.497 e. The summed E-state index contributed by atoms with van der Waals surface area (Å²) in [7, 11) is 3.28. The Kier molecular flexibility index (Phi) is 4.91. The van der Waals surface area contributed by atoms with Gasteiger partial charge in [-0.05, 0) is 54.3 Å². The molecule has 0 amide bonds. The number of nitrogens with two attached hydrogens (primary N) is 1. The Balaban J connectivity index is 2.49. The van der Waals surface area contributed by atoms with Crippen LogP contribution in [0.5, 0.6) is 11.5 Å². The fourth-order valence-electron chi connectivity index (χ4n) is 2.33. The van der Waals surface area contributed by atoms with Crippen molar-refractivity contribution in [2.45, 2.75) is 19.9 Å². The predicted molar refractivity (Wildman–Crippen MR) is 89.2 cm³/mol. The molecule has 0 fully saturated rings. The van der Waals surface area contributed by atoms with E-state index in [9.17, 15) is 0 Å². The molecule has 0 saturated heterocycles. The highest BCUT2D eigenvalue weighted by Crippen LogP contribution is 2.32. The topological polar surface area (TPSA) is 44.5 Å². The highest BCUT2D eigenvalue weighted by molar-refractivity contribution is 9.10. The maximum atomic E-state index is 6.46. The zero-order valence-corrected chi connectivity index (χ0v) is 14.3. The van der Waals surface area contributed by atoms with Crippen LogP contribution in [0, 0.1) is 13.8 Å². The van der Waals surface area contributed by atoms with Crippen LogP contribution in [0.25, 0.3) is 0 Å². The zero-order valence-electron chi connectivity index (χ0n) is 12.7. The molecule has 0 spiro atoms. The number of halogens is 1. The van der Waals surface area contributed by atoms with Crippen LogP contribution in [0.2, 0.25) is 0 Å². The van der Waals surface area contributed by atoms with E-state index >= 15 is 0 Å². The average Bonchev–Trinajstić information content (AvgIpc) is 2.49. The van der Waals surface area contributed by atoms with Crippen molar-refractivity contribution in [2.24, 2.45) is 5.73 Å². The van der Waals surface area contributed by atoms with E-state index in [4.69, 9.17) is 15.2 Å². The minimum atomic E-state index is -0.221. The van der Waals surface area contributed by atoms with E-state index in [2.05, 4.69) is 41.9 Å². The van der Waals surface area contributed by atoms with Crippen LogP contribution < -0.4 is 15.2 Å². The first-order chi connectivity index (χ1) is 9.96. The lowest BCUT2D eigenvalue weighted by atomic mass is 9.94. The molecule has 4 heteroatoms. The third kappa shape index (κ3) is 3.39. The van der Waals surface area contributed by atoms with Crippen molar-refractivity contribution in [1.82, 2.24) is 0 Å². The quantitative estimate of drug-likeness (QED) is 0.902. The van der Waals surface area contributed by atoms with Gasteiger partial charge in [0, 0.05) is 10.5 Å². The molecule has 2 aromatic carbocycles. The van der Waals surface area contributed by atoms with Crippen LogP contribution in [0.3, 0.4) is 0 Å². The van der Waals surface area contributed by atoms with E-state index in [0.29, 0.717) is 0 Å². The normalized spacial score (nSPS) is 12.1. The second-order valence-corrected chi connectivity index (χ2v) is 5.94. The van der Waals surface area contributed by atoms with Crippen molar-refractivity contribution < 1.29 is 9.47 Å². The first kappa shape index (κ1) is 15.9. The molecule has 0 aliphatic heterocycles. The van der Waals surface area contributed by atoms with Crippen molar-refractivity contribution in [2.75, 3.05) is 14.2 Å². The van der Waals surface area contributed by atoms with E-state index in [-0.39, 0.29) is 6.04 Å². The summed E-state index contributed by atoms with van der Waals surface area (Å²) >= 11 is 3.55. The smallest absolute Gasteiger partial charge is 0.122 e. The summed E-state index contributed by atoms with van der Waals surface area (Å²) in [6, 6.07) is 9.74. The van der Waals surface area contributed by atoms with Gasteiger partial charge in [-0.25, -0.2) is 0 Å². The number of benzene rings is 2. The van der Waals surface area contributed by atoms with Gasteiger partial charge in [-0.3, -0.25) is 0 Å². The molecule has 0 saturated carbocycles. The summed E-state index contributed by atoms with van der Waals surface area (Å²) in [6.45, 7) is 4.13. The van der Waals surface area contributed by atoms with Gasteiger partial charge in [0.1, 0.15) is 11.5 Å². The van der Waals surface area contributed by atoms with Gasteiger partial charge in [-0.15, -0.1) is 0 Å². The number of hydrogen-bond donors (Lipinski definition) is 1. The van der Waals surface area contributed by atoms with E-state index in [1.807, 2.05) is 18.2 Å². The predicted octanol–water partition coefficient (Wildman–Crippen LogP) is 4.13. The molecule has 21 heavy (non-hydrogen) atoms. The van der Waals surface area contributed by atoms with Crippen LogP contribution in [-0.4, -0.2) is 14.2 Å². The Bertz CT molecular complexity index is 633. The Morgan fingerprint density at radius 3 is 2.00 bits per heavy atom. The summed E-state index contributed by atoms with van der Waals surface area (Å²) in [5.41, 5.74) is 10.9. The number of rotatable bonds is 4. The summed E-state index contributed by atoms with van der Waals surface area (Å²) < 4.78 is 11.7. The zero-order chi connectivity index (χ0) is 15.6. The summed E-state index contributed by atoms with van der Waals surface area (Å²) in [4.78, 5) is 0. The Hall–Kier alpha value is -1.52. The maximum Gasteiger partial charge on any atom is 0.122 e. The Labute approximate surface area is 134 Å². The minimum absolute atomic E-state index is 0.221. The fraction of sp³-hybridized carbons (Fsp3) is 0.294. The Morgan fingerprint density at radius 2 is 1.48 bits per heavy atom. The molecule has 0 bridgehead atoms. The van der Waals surface area contributed by atoms with Gasteiger partial charge in [-0.2, -0.15) is 0 Å². The highest BCUT2D eigenvalue weighted by atomic mass is 79.9. The van der Waals surface area contributed by atoms with Gasteiger partial charge in [-0.1, -0.05) is 22.0 Å². The van der Waals surface area contributed by atoms with Crippen LogP contribution in [0.15, 0.2) is 34.8 Å². The lowest BCUT2D eigenvalue weighted by molar-refractivity contribution is 0.393. The molecule has 2 rings (SSSR count). The summed E-state index contributed by atoms with van der Waals surface area (Å²) in [5, 5.41) is 0. The van der Waals surface area contributed by atoms with E-state index in [1.165, 1.54) is 5.56 Å². The van der Waals surface area contributed by atoms with Gasteiger partial charge >= 0.3 is 0 Å². The number of aryl methyl sites for hydroxylation is 2. The van der Waals surface area contributed by atoms with Crippen molar-refractivity contribution in [3.63, 3.8) is 0 Å². The average molecular weight is 350 g/mol. The monoisotopic (exact) mass is 349 g/mol. The molecular weight excluding hydrogens is 330 g/mol. The van der Waals surface area contributed by atoms with Gasteiger partial charge in [0.25, 0.3) is 0 Å². The molecule has 1 atom stereocenters. The summed E-state index contributed by atoms with van der Waals surface area (Å²) in [5.74, 6) is 1.48. The first-order valence-corrected chi connectivity index (χ1v) is 7.50.